The maximum absolute atomic E-state index is 13.5. The SMILES string of the molecule is CCOc1cc(C2/C(=C(\O)c3cc(OC)ccc3Cl)C(=O)C(=O)N2c2nc3ccccc3[nH]2)ccc1OC. The summed E-state index contributed by atoms with van der Waals surface area (Å²) in [4.78, 5) is 35.9. The third-order valence-corrected chi connectivity index (χ3v) is 6.61. The highest BCUT2D eigenvalue weighted by atomic mass is 35.5. The monoisotopic (exact) mass is 533 g/mol. The molecule has 0 aliphatic carbocycles. The lowest BCUT2D eigenvalue weighted by Gasteiger charge is -2.24. The van der Waals surface area contributed by atoms with Crippen molar-refractivity contribution in [3.8, 4) is 17.2 Å². The third-order valence-electron chi connectivity index (χ3n) is 6.28. The van der Waals surface area contributed by atoms with E-state index in [9.17, 15) is 14.7 Å². The average Bonchev–Trinajstić information content (AvgIpc) is 3.47. The Balaban J connectivity index is 1.77. The number of para-hydroxylation sites is 2. The number of amides is 1. The molecule has 2 heterocycles. The van der Waals surface area contributed by atoms with Crippen molar-refractivity contribution in [2.45, 2.75) is 13.0 Å². The molecule has 1 aliphatic rings. The molecule has 0 radical (unpaired) electrons. The Morgan fingerprint density at radius 2 is 1.84 bits per heavy atom. The number of fused-ring (bicyclic) bond motifs is 1. The number of rotatable bonds is 7. The van der Waals surface area contributed by atoms with Crippen molar-refractivity contribution in [1.29, 1.82) is 0 Å². The van der Waals surface area contributed by atoms with Gasteiger partial charge < -0.3 is 24.3 Å². The van der Waals surface area contributed by atoms with Gasteiger partial charge in [-0.25, -0.2) is 4.98 Å². The van der Waals surface area contributed by atoms with E-state index in [1.165, 1.54) is 25.2 Å². The fourth-order valence-electron chi connectivity index (χ4n) is 4.51. The van der Waals surface area contributed by atoms with Crippen LogP contribution in [0.15, 0.2) is 66.2 Å². The smallest absolute Gasteiger partial charge is 0.302 e. The van der Waals surface area contributed by atoms with Gasteiger partial charge >= 0.3 is 5.91 Å². The number of hydrogen-bond acceptors (Lipinski definition) is 7. The third kappa shape index (κ3) is 4.20. The number of hydrogen-bond donors (Lipinski definition) is 2. The molecule has 38 heavy (non-hydrogen) atoms. The van der Waals surface area contributed by atoms with Crippen molar-refractivity contribution in [1.82, 2.24) is 9.97 Å². The van der Waals surface area contributed by atoms with Crippen LogP contribution >= 0.6 is 11.6 Å². The van der Waals surface area contributed by atoms with Gasteiger partial charge in [0.1, 0.15) is 11.5 Å². The maximum atomic E-state index is 13.5. The zero-order valence-electron chi connectivity index (χ0n) is 20.8. The number of aliphatic hydroxyl groups is 1. The van der Waals surface area contributed by atoms with E-state index in [2.05, 4.69) is 9.97 Å². The minimum absolute atomic E-state index is 0.150. The van der Waals surface area contributed by atoms with Crippen LogP contribution in [0.5, 0.6) is 17.2 Å². The Bertz CT molecular complexity index is 1560. The standard InChI is InChI=1S/C28H24ClN3O6/c1-4-38-22-13-15(9-12-21(22)37-3)24-23(25(33)17-14-16(36-2)10-11-18(17)29)26(34)27(35)32(24)28-30-19-7-5-6-8-20(19)31-28/h5-14,24,33H,4H2,1-3H3,(H,30,31)/b25-23+. The van der Waals surface area contributed by atoms with Crippen molar-refractivity contribution in [2.75, 3.05) is 25.7 Å². The van der Waals surface area contributed by atoms with Crippen LogP contribution in [0.2, 0.25) is 5.02 Å². The highest BCUT2D eigenvalue weighted by Gasteiger charge is 2.48. The van der Waals surface area contributed by atoms with Crippen molar-refractivity contribution in [2.24, 2.45) is 0 Å². The van der Waals surface area contributed by atoms with Crippen molar-refractivity contribution in [3.63, 3.8) is 0 Å². The van der Waals surface area contributed by atoms with Gasteiger partial charge in [-0.1, -0.05) is 29.8 Å². The number of carbonyl (C=O) groups is 2. The van der Waals surface area contributed by atoms with E-state index >= 15 is 0 Å². The molecular formula is C28H24ClN3O6. The molecule has 1 atom stereocenters. The minimum atomic E-state index is -1.05. The van der Waals surface area contributed by atoms with Crippen LogP contribution in [0.1, 0.15) is 24.1 Å². The summed E-state index contributed by atoms with van der Waals surface area (Å²) in [6.07, 6.45) is 0. The molecule has 2 N–H and O–H groups in total. The molecule has 1 aliphatic heterocycles. The van der Waals surface area contributed by atoms with E-state index in [1.807, 2.05) is 25.1 Å². The first-order chi connectivity index (χ1) is 18.4. The molecular weight excluding hydrogens is 510 g/mol. The lowest BCUT2D eigenvalue weighted by atomic mass is 9.95. The van der Waals surface area contributed by atoms with Crippen LogP contribution < -0.4 is 19.1 Å². The number of aromatic nitrogens is 2. The molecule has 4 aromatic rings. The van der Waals surface area contributed by atoms with Crippen molar-refractivity contribution < 1.29 is 28.9 Å². The molecule has 3 aromatic carbocycles. The van der Waals surface area contributed by atoms with E-state index in [4.69, 9.17) is 25.8 Å². The number of aliphatic hydroxyl groups excluding tert-OH is 1. The second-order valence-electron chi connectivity index (χ2n) is 8.44. The number of aromatic amines is 1. The molecule has 0 spiro atoms. The van der Waals surface area contributed by atoms with Gasteiger partial charge in [0.25, 0.3) is 5.78 Å². The second kappa shape index (κ2) is 10.1. The van der Waals surface area contributed by atoms with E-state index in [-0.39, 0.29) is 22.1 Å². The van der Waals surface area contributed by atoms with E-state index in [0.29, 0.717) is 40.5 Å². The van der Waals surface area contributed by atoms with Gasteiger partial charge in [0.2, 0.25) is 5.95 Å². The molecule has 1 unspecified atom stereocenters. The van der Waals surface area contributed by atoms with Crippen molar-refractivity contribution in [3.05, 3.63) is 82.4 Å². The molecule has 1 saturated heterocycles. The number of halogens is 1. The maximum Gasteiger partial charge on any atom is 0.302 e. The van der Waals surface area contributed by atoms with Gasteiger partial charge in [-0.3, -0.25) is 14.5 Å². The minimum Gasteiger partial charge on any atom is -0.507 e. The topological polar surface area (TPSA) is 114 Å². The summed E-state index contributed by atoms with van der Waals surface area (Å²) in [7, 11) is 2.99. The first-order valence-corrected chi connectivity index (χ1v) is 12.2. The number of carbonyl (C=O) groups excluding carboxylic acids is 2. The van der Waals surface area contributed by atoms with E-state index < -0.39 is 23.5 Å². The molecule has 0 saturated carbocycles. The van der Waals surface area contributed by atoms with Crippen LogP contribution in [-0.2, 0) is 9.59 Å². The number of Topliss-reactive ketones (excluding diaryl/α,β-unsaturated/α-hetero) is 1. The first-order valence-electron chi connectivity index (χ1n) is 11.8. The molecule has 9 nitrogen and oxygen atoms in total. The summed E-state index contributed by atoms with van der Waals surface area (Å²) in [6.45, 7) is 2.19. The Morgan fingerprint density at radius 3 is 2.55 bits per heavy atom. The van der Waals surface area contributed by atoms with Gasteiger partial charge in [-0.15, -0.1) is 0 Å². The summed E-state index contributed by atoms with van der Waals surface area (Å²) in [5.74, 6) is -0.715. The number of nitrogens with zero attached hydrogens (tertiary/aromatic N) is 2. The van der Waals surface area contributed by atoms with E-state index in [1.54, 1.807) is 36.4 Å². The number of nitrogens with one attached hydrogen (secondary N) is 1. The molecule has 10 heteroatoms. The van der Waals surface area contributed by atoms with Crippen LogP contribution in [0, 0.1) is 0 Å². The lowest BCUT2D eigenvalue weighted by molar-refractivity contribution is -0.132. The zero-order valence-corrected chi connectivity index (χ0v) is 21.6. The molecule has 1 fully saturated rings. The zero-order chi connectivity index (χ0) is 27.0. The van der Waals surface area contributed by atoms with Gasteiger partial charge in [-0.2, -0.15) is 0 Å². The molecule has 1 aromatic heterocycles. The van der Waals surface area contributed by atoms with Crippen LogP contribution in [0.4, 0.5) is 5.95 Å². The number of anilines is 1. The summed E-state index contributed by atoms with van der Waals surface area (Å²) in [5.41, 5.74) is 1.79. The van der Waals surface area contributed by atoms with Crippen LogP contribution in [0.25, 0.3) is 16.8 Å². The van der Waals surface area contributed by atoms with Crippen LogP contribution in [0.3, 0.4) is 0 Å². The fraction of sp³-hybridized carbons (Fsp3) is 0.179. The van der Waals surface area contributed by atoms with Gasteiger partial charge in [0.05, 0.1) is 48.5 Å². The molecule has 5 rings (SSSR count). The predicted molar refractivity (Wildman–Crippen MR) is 143 cm³/mol. The highest BCUT2D eigenvalue weighted by molar-refractivity contribution is 6.51. The molecule has 1 amide bonds. The average molecular weight is 534 g/mol. The number of imidazole rings is 1. The molecule has 194 valence electrons. The highest BCUT2D eigenvalue weighted by Crippen LogP contribution is 2.44. The second-order valence-corrected chi connectivity index (χ2v) is 8.84. The number of ether oxygens (including phenoxy) is 3. The summed E-state index contributed by atoms with van der Waals surface area (Å²) >= 11 is 6.40. The van der Waals surface area contributed by atoms with E-state index in [0.717, 1.165) is 0 Å². The van der Waals surface area contributed by atoms with Crippen molar-refractivity contribution >= 4 is 46.0 Å². The lowest BCUT2D eigenvalue weighted by Crippen LogP contribution is -2.30. The Kier molecular flexibility index (Phi) is 6.69. The predicted octanol–water partition coefficient (Wildman–Crippen LogP) is 5.26. The largest absolute Gasteiger partial charge is 0.507 e. The number of H-pyrrole nitrogens is 1. The fourth-order valence-corrected chi connectivity index (χ4v) is 4.72. The summed E-state index contributed by atoms with van der Waals surface area (Å²) < 4.78 is 16.4. The number of ketones is 1. The number of methoxy groups -OCH3 is 2. The quantitative estimate of drug-likeness (QED) is 0.189. The number of benzene rings is 3. The Labute approximate surface area is 223 Å². The van der Waals surface area contributed by atoms with Gasteiger partial charge in [0, 0.05) is 5.56 Å². The molecule has 0 bridgehead atoms. The Morgan fingerprint density at radius 1 is 1.05 bits per heavy atom. The van der Waals surface area contributed by atoms with Gasteiger partial charge in [0.15, 0.2) is 11.5 Å². The van der Waals surface area contributed by atoms with Crippen LogP contribution in [-0.4, -0.2) is 47.6 Å². The summed E-state index contributed by atoms with van der Waals surface area (Å²) in [5, 5.41) is 11.7. The summed E-state index contributed by atoms with van der Waals surface area (Å²) in [6, 6.07) is 15.9. The first kappa shape index (κ1) is 25.2. The normalized spacial score (nSPS) is 16.7. The Hall–Kier alpha value is -4.50. The van der Waals surface area contributed by atoms with Gasteiger partial charge in [-0.05, 0) is 55.0 Å².